The van der Waals surface area contributed by atoms with E-state index in [-0.39, 0.29) is 5.56 Å². The predicted octanol–water partition coefficient (Wildman–Crippen LogP) is 1.59. The van der Waals surface area contributed by atoms with Gasteiger partial charge in [0.15, 0.2) is 11.5 Å². The lowest BCUT2D eigenvalue weighted by molar-refractivity contribution is -0.118. The summed E-state index contributed by atoms with van der Waals surface area (Å²) in [5.74, 6) is -2.16. The van der Waals surface area contributed by atoms with Crippen LogP contribution < -0.4 is 5.73 Å². The third kappa shape index (κ3) is 2.44. The number of carbonyl (C=O) groups is 2. The number of amides is 1. The quantitative estimate of drug-likeness (QED) is 0.578. The fourth-order valence-corrected chi connectivity index (χ4v) is 2.98. The number of aromatic carboxylic acids is 1. The van der Waals surface area contributed by atoms with E-state index in [4.69, 9.17) is 5.73 Å². The van der Waals surface area contributed by atoms with Crippen LogP contribution in [-0.2, 0) is 4.79 Å². The predicted molar refractivity (Wildman–Crippen MR) is 92.7 cm³/mol. The molecular formula is C18H13N5O3. The summed E-state index contributed by atoms with van der Waals surface area (Å²) in [7, 11) is 0. The van der Waals surface area contributed by atoms with Gasteiger partial charge in [0.1, 0.15) is 5.92 Å². The van der Waals surface area contributed by atoms with E-state index in [0.29, 0.717) is 28.1 Å². The number of carboxylic acid groups (broad SMARTS) is 1. The van der Waals surface area contributed by atoms with E-state index in [9.17, 15) is 14.7 Å². The summed E-state index contributed by atoms with van der Waals surface area (Å²) in [6, 6.07) is 13.5. The molecule has 0 aliphatic carbocycles. The molecule has 8 nitrogen and oxygen atoms in total. The molecule has 0 saturated heterocycles. The molecule has 0 aliphatic heterocycles. The highest BCUT2D eigenvalue weighted by molar-refractivity contribution is 5.93. The van der Waals surface area contributed by atoms with Crippen molar-refractivity contribution in [2.45, 2.75) is 5.92 Å². The molecular weight excluding hydrogens is 334 g/mol. The molecule has 0 radical (unpaired) electrons. The third-order valence-corrected chi connectivity index (χ3v) is 4.17. The molecule has 3 N–H and O–H groups in total. The Morgan fingerprint density at radius 1 is 1.08 bits per heavy atom. The van der Waals surface area contributed by atoms with Gasteiger partial charge < -0.3 is 10.8 Å². The van der Waals surface area contributed by atoms with Crippen molar-refractivity contribution in [2.75, 3.05) is 0 Å². The van der Waals surface area contributed by atoms with E-state index in [1.54, 1.807) is 34.7 Å². The van der Waals surface area contributed by atoms with E-state index in [1.165, 1.54) is 18.3 Å². The Hall–Kier alpha value is -3.81. The minimum absolute atomic E-state index is 0.0989. The highest BCUT2D eigenvalue weighted by atomic mass is 16.4. The van der Waals surface area contributed by atoms with Crippen LogP contribution in [0.1, 0.15) is 27.7 Å². The van der Waals surface area contributed by atoms with Gasteiger partial charge in [-0.15, -0.1) is 10.2 Å². The summed E-state index contributed by atoms with van der Waals surface area (Å²) in [6.45, 7) is 0. The first-order chi connectivity index (χ1) is 12.6. The number of aromatic nitrogens is 4. The van der Waals surface area contributed by atoms with Crippen molar-refractivity contribution < 1.29 is 14.7 Å². The number of carboxylic acids is 1. The van der Waals surface area contributed by atoms with E-state index >= 15 is 0 Å². The standard InChI is InChI=1S/C18H13N5O3/c19-16(24)15(10-4-2-1-3-5-10)17-22-21-14-9-20-12-7-6-11(18(25)26)8-13(12)23(14)17/h1-9,15H,(H2,19,24)(H,25,26). The van der Waals surface area contributed by atoms with Gasteiger partial charge in [0.05, 0.1) is 22.8 Å². The fraction of sp³-hybridized carbons (Fsp3) is 0.0556. The number of fused-ring (bicyclic) bond motifs is 3. The first-order valence-corrected chi connectivity index (χ1v) is 7.77. The summed E-state index contributed by atoms with van der Waals surface area (Å²) in [5.41, 5.74) is 7.86. The van der Waals surface area contributed by atoms with Gasteiger partial charge in [0.25, 0.3) is 0 Å². The molecule has 4 rings (SSSR count). The molecule has 0 spiro atoms. The Bertz CT molecular complexity index is 1150. The number of nitrogens with zero attached hydrogens (tertiary/aromatic N) is 4. The smallest absolute Gasteiger partial charge is 0.335 e. The second-order valence-corrected chi connectivity index (χ2v) is 5.76. The Morgan fingerprint density at radius 3 is 2.54 bits per heavy atom. The van der Waals surface area contributed by atoms with Gasteiger partial charge in [-0.1, -0.05) is 30.3 Å². The largest absolute Gasteiger partial charge is 0.478 e. The van der Waals surface area contributed by atoms with Gasteiger partial charge in [-0.25, -0.2) is 4.79 Å². The average Bonchev–Trinajstić information content (AvgIpc) is 3.06. The maximum absolute atomic E-state index is 12.2. The molecule has 128 valence electrons. The van der Waals surface area contributed by atoms with Crippen LogP contribution in [0, 0.1) is 0 Å². The number of nitrogens with two attached hydrogens (primary N) is 1. The lowest BCUT2D eigenvalue weighted by Crippen LogP contribution is -2.24. The Labute approximate surface area is 146 Å². The van der Waals surface area contributed by atoms with Crippen LogP contribution in [0.5, 0.6) is 0 Å². The Balaban J connectivity index is 2.04. The van der Waals surface area contributed by atoms with Crippen LogP contribution in [0.4, 0.5) is 0 Å². The number of hydrogen-bond acceptors (Lipinski definition) is 5. The van der Waals surface area contributed by atoms with E-state index in [1.807, 2.05) is 6.07 Å². The van der Waals surface area contributed by atoms with Crippen LogP contribution in [0.25, 0.3) is 16.7 Å². The normalized spacial score (nSPS) is 12.3. The SMILES string of the molecule is NC(=O)C(c1ccccc1)c1nnc2cnc3ccc(C(=O)O)cc3n12. The first kappa shape index (κ1) is 15.7. The summed E-state index contributed by atoms with van der Waals surface area (Å²) in [5, 5.41) is 17.5. The molecule has 2 aromatic heterocycles. The third-order valence-electron chi connectivity index (χ3n) is 4.17. The molecule has 4 aromatic rings. The van der Waals surface area contributed by atoms with Gasteiger partial charge >= 0.3 is 5.97 Å². The van der Waals surface area contributed by atoms with E-state index in [0.717, 1.165) is 0 Å². The van der Waals surface area contributed by atoms with Gasteiger partial charge in [-0.05, 0) is 23.8 Å². The molecule has 2 aromatic carbocycles. The zero-order chi connectivity index (χ0) is 18.3. The van der Waals surface area contributed by atoms with Crippen molar-refractivity contribution in [3.8, 4) is 0 Å². The molecule has 1 amide bonds. The monoisotopic (exact) mass is 347 g/mol. The van der Waals surface area contributed by atoms with Crippen molar-refractivity contribution in [2.24, 2.45) is 5.73 Å². The number of benzene rings is 2. The summed E-state index contributed by atoms with van der Waals surface area (Å²) in [4.78, 5) is 27.8. The van der Waals surface area contributed by atoms with E-state index in [2.05, 4.69) is 15.2 Å². The molecule has 0 saturated carbocycles. The van der Waals surface area contributed by atoms with Gasteiger partial charge in [0, 0.05) is 0 Å². The second kappa shape index (κ2) is 5.92. The highest BCUT2D eigenvalue weighted by Crippen LogP contribution is 2.26. The van der Waals surface area contributed by atoms with Crippen LogP contribution in [0.2, 0.25) is 0 Å². The lowest BCUT2D eigenvalue weighted by atomic mass is 9.97. The minimum atomic E-state index is -1.06. The Kier molecular flexibility index (Phi) is 3.58. The zero-order valence-corrected chi connectivity index (χ0v) is 13.4. The van der Waals surface area contributed by atoms with Gasteiger partial charge in [-0.3, -0.25) is 14.2 Å². The van der Waals surface area contributed by atoms with Crippen molar-refractivity contribution in [1.82, 2.24) is 19.6 Å². The second-order valence-electron chi connectivity index (χ2n) is 5.76. The average molecular weight is 347 g/mol. The van der Waals surface area contributed by atoms with Crippen LogP contribution in [0.3, 0.4) is 0 Å². The van der Waals surface area contributed by atoms with Gasteiger partial charge in [0.2, 0.25) is 5.91 Å². The molecule has 1 atom stereocenters. The zero-order valence-electron chi connectivity index (χ0n) is 13.4. The molecule has 1 unspecified atom stereocenters. The molecule has 2 heterocycles. The van der Waals surface area contributed by atoms with Crippen molar-refractivity contribution in [3.05, 3.63) is 71.7 Å². The van der Waals surface area contributed by atoms with Crippen LogP contribution in [0.15, 0.2) is 54.7 Å². The summed E-state index contributed by atoms with van der Waals surface area (Å²) in [6.07, 6.45) is 1.52. The highest BCUT2D eigenvalue weighted by Gasteiger charge is 2.26. The fourth-order valence-electron chi connectivity index (χ4n) is 2.98. The van der Waals surface area contributed by atoms with E-state index < -0.39 is 17.8 Å². The number of carbonyl (C=O) groups excluding carboxylic acids is 1. The molecule has 0 fully saturated rings. The van der Waals surface area contributed by atoms with Crippen molar-refractivity contribution in [3.63, 3.8) is 0 Å². The minimum Gasteiger partial charge on any atom is -0.478 e. The topological polar surface area (TPSA) is 123 Å². The molecule has 26 heavy (non-hydrogen) atoms. The van der Waals surface area contributed by atoms with Gasteiger partial charge in [-0.2, -0.15) is 0 Å². The van der Waals surface area contributed by atoms with Crippen LogP contribution >= 0.6 is 0 Å². The molecule has 0 aliphatic rings. The van der Waals surface area contributed by atoms with Crippen molar-refractivity contribution >= 4 is 28.6 Å². The van der Waals surface area contributed by atoms with Crippen molar-refractivity contribution in [1.29, 1.82) is 0 Å². The Morgan fingerprint density at radius 2 is 1.85 bits per heavy atom. The maximum Gasteiger partial charge on any atom is 0.335 e. The number of primary amides is 1. The summed E-state index contributed by atoms with van der Waals surface area (Å²) >= 11 is 0. The number of rotatable bonds is 4. The molecule has 0 bridgehead atoms. The lowest BCUT2D eigenvalue weighted by Gasteiger charge is -2.13. The van der Waals surface area contributed by atoms with Crippen LogP contribution in [-0.4, -0.2) is 36.6 Å². The number of hydrogen-bond donors (Lipinski definition) is 2. The molecule has 8 heteroatoms. The first-order valence-electron chi connectivity index (χ1n) is 7.77. The maximum atomic E-state index is 12.2. The summed E-state index contributed by atoms with van der Waals surface area (Å²) < 4.78 is 1.62.